The van der Waals surface area contributed by atoms with E-state index < -0.39 is 9.84 Å². The van der Waals surface area contributed by atoms with Crippen molar-refractivity contribution in [2.24, 2.45) is 0 Å². The van der Waals surface area contributed by atoms with E-state index in [1.807, 2.05) is 6.92 Å². The van der Waals surface area contributed by atoms with Gasteiger partial charge in [0.25, 0.3) is 0 Å². The number of hydrogen-bond acceptors (Lipinski definition) is 3. The van der Waals surface area contributed by atoms with Crippen molar-refractivity contribution >= 4 is 21.4 Å². The van der Waals surface area contributed by atoms with Crippen LogP contribution in [0.25, 0.3) is 0 Å². The maximum absolute atomic E-state index is 12.1. The summed E-state index contributed by atoms with van der Waals surface area (Å²) in [6.45, 7) is 1.93. The van der Waals surface area contributed by atoms with E-state index in [0.29, 0.717) is 17.0 Å². The summed E-state index contributed by atoms with van der Waals surface area (Å²) in [6, 6.07) is 6.90. The van der Waals surface area contributed by atoms with Crippen LogP contribution < -0.4 is 0 Å². The number of hydrogen-bond donors (Lipinski definition) is 1. The van der Waals surface area contributed by atoms with Gasteiger partial charge in [0.15, 0.2) is 0 Å². The highest BCUT2D eigenvalue weighted by Crippen LogP contribution is 2.20. The third-order valence-electron chi connectivity index (χ3n) is 2.58. The second-order valence-electron chi connectivity index (χ2n) is 3.92. The summed E-state index contributed by atoms with van der Waals surface area (Å²) in [6.07, 6.45) is 2.26. The van der Waals surface area contributed by atoms with Gasteiger partial charge in [-0.25, -0.2) is 13.4 Å². The normalized spacial score (nSPS) is 11.7. The Hall–Kier alpha value is -1.33. The molecule has 0 spiro atoms. The van der Waals surface area contributed by atoms with Crippen LogP contribution in [0.5, 0.6) is 0 Å². The number of halogens is 1. The van der Waals surface area contributed by atoms with Crippen LogP contribution in [0.4, 0.5) is 0 Å². The number of aromatic amines is 1. The predicted octanol–water partition coefficient (Wildman–Crippen LogP) is 2.60. The Morgan fingerprint density at radius 1 is 1.33 bits per heavy atom. The molecular weight excluding hydrogens is 272 g/mol. The Morgan fingerprint density at radius 2 is 2.06 bits per heavy atom. The molecule has 0 unspecified atom stereocenters. The molecule has 0 saturated carbocycles. The minimum absolute atomic E-state index is 0.000676. The van der Waals surface area contributed by atoms with Crippen LogP contribution in [-0.4, -0.2) is 18.4 Å². The molecule has 1 aromatic heterocycles. The minimum Gasteiger partial charge on any atom is -0.333 e. The van der Waals surface area contributed by atoms with Crippen LogP contribution in [-0.2, 0) is 22.0 Å². The maximum atomic E-state index is 12.1. The number of aryl methyl sites for hydroxylation is 1. The molecule has 0 bridgehead atoms. The Labute approximate surface area is 111 Å². The zero-order valence-corrected chi connectivity index (χ0v) is 11.4. The van der Waals surface area contributed by atoms with Crippen molar-refractivity contribution in [2.75, 3.05) is 0 Å². The average molecular weight is 285 g/mol. The first-order valence-electron chi connectivity index (χ1n) is 5.53. The molecule has 0 aliphatic rings. The van der Waals surface area contributed by atoms with Gasteiger partial charge in [-0.05, 0) is 18.1 Å². The fourth-order valence-corrected chi connectivity index (χ4v) is 3.14. The van der Waals surface area contributed by atoms with E-state index in [1.54, 1.807) is 30.5 Å². The first-order chi connectivity index (χ1) is 8.53. The molecule has 4 nitrogen and oxygen atoms in total. The minimum atomic E-state index is -3.48. The third kappa shape index (κ3) is 2.73. The maximum Gasteiger partial charge on any atom is 0.225 e. The number of H-pyrrole nitrogens is 1. The lowest BCUT2D eigenvalue weighted by molar-refractivity contribution is 0.587. The Morgan fingerprint density at radius 3 is 2.67 bits per heavy atom. The Bertz CT molecular complexity index is 650. The van der Waals surface area contributed by atoms with Crippen molar-refractivity contribution in [3.8, 4) is 0 Å². The van der Waals surface area contributed by atoms with Gasteiger partial charge in [0.05, 0.1) is 5.75 Å². The van der Waals surface area contributed by atoms with Crippen LogP contribution in [0.2, 0.25) is 5.02 Å². The molecule has 0 radical (unpaired) electrons. The van der Waals surface area contributed by atoms with Gasteiger partial charge in [-0.15, -0.1) is 0 Å². The topological polar surface area (TPSA) is 62.8 Å². The fourth-order valence-electron chi connectivity index (χ4n) is 1.56. The SMILES string of the molecule is CCc1cnc(S(=O)(=O)Cc2ccccc2Cl)[nH]1. The van der Waals surface area contributed by atoms with Gasteiger partial charge in [0.1, 0.15) is 0 Å². The number of imidazole rings is 1. The molecule has 0 aliphatic heterocycles. The monoisotopic (exact) mass is 284 g/mol. The zero-order valence-electron chi connectivity index (χ0n) is 9.85. The van der Waals surface area contributed by atoms with Crippen molar-refractivity contribution in [1.29, 1.82) is 0 Å². The summed E-state index contributed by atoms with van der Waals surface area (Å²) in [5.41, 5.74) is 1.38. The molecule has 0 aliphatic carbocycles. The highest BCUT2D eigenvalue weighted by Gasteiger charge is 2.20. The van der Waals surface area contributed by atoms with Crippen molar-refractivity contribution in [3.05, 3.63) is 46.7 Å². The molecule has 1 aromatic carbocycles. The van der Waals surface area contributed by atoms with Crippen LogP contribution in [0, 0.1) is 0 Å². The number of rotatable bonds is 4. The largest absolute Gasteiger partial charge is 0.333 e. The lowest BCUT2D eigenvalue weighted by Gasteiger charge is -2.03. The number of nitrogens with zero attached hydrogens (tertiary/aromatic N) is 1. The third-order valence-corrected chi connectivity index (χ3v) is 4.44. The van der Waals surface area contributed by atoms with E-state index in [-0.39, 0.29) is 10.9 Å². The van der Waals surface area contributed by atoms with Gasteiger partial charge in [0.2, 0.25) is 15.0 Å². The lowest BCUT2D eigenvalue weighted by Crippen LogP contribution is -2.07. The molecule has 0 amide bonds. The molecule has 0 fully saturated rings. The van der Waals surface area contributed by atoms with Crippen molar-refractivity contribution in [2.45, 2.75) is 24.3 Å². The highest BCUT2D eigenvalue weighted by molar-refractivity contribution is 7.90. The fraction of sp³-hybridized carbons (Fsp3) is 0.250. The molecule has 0 saturated heterocycles. The highest BCUT2D eigenvalue weighted by atomic mass is 35.5. The van der Waals surface area contributed by atoms with Gasteiger partial charge in [-0.1, -0.05) is 36.7 Å². The van der Waals surface area contributed by atoms with E-state index in [4.69, 9.17) is 11.6 Å². The van der Waals surface area contributed by atoms with E-state index in [9.17, 15) is 8.42 Å². The van der Waals surface area contributed by atoms with E-state index >= 15 is 0 Å². The van der Waals surface area contributed by atoms with Crippen LogP contribution in [0.1, 0.15) is 18.2 Å². The lowest BCUT2D eigenvalue weighted by atomic mass is 10.2. The number of nitrogens with one attached hydrogen (secondary N) is 1. The van der Waals surface area contributed by atoms with Crippen LogP contribution in [0.3, 0.4) is 0 Å². The number of benzene rings is 1. The molecule has 96 valence electrons. The molecule has 0 atom stereocenters. The van der Waals surface area contributed by atoms with Gasteiger partial charge in [-0.2, -0.15) is 0 Å². The van der Waals surface area contributed by atoms with Gasteiger partial charge >= 0.3 is 0 Å². The summed E-state index contributed by atoms with van der Waals surface area (Å²) < 4.78 is 24.3. The van der Waals surface area contributed by atoms with E-state index in [1.165, 1.54) is 0 Å². The van der Waals surface area contributed by atoms with Gasteiger partial charge in [-0.3, -0.25) is 0 Å². The van der Waals surface area contributed by atoms with Gasteiger partial charge < -0.3 is 4.98 Å². The van der Waals surface area contributed by atoms with Crippen molar-refractivity contribution in [1.82, 2.24) is 9.97 Å². The smallest absolute Gasteiger partial charge is 0.225 e. The summed E-state index contributed by atoms with van der Waals surface area (Å²) in [4.78, 5) is 6.70. The average Bonchev–Trinajstić information content (AvgIpc) is 2.81. The molecule has 2 rings (SSSR count). The number of sulfone groups is 1. The molecule has 18 heavy (non-hydrogen) atoms. The van der Waals surface area contributed by atoms with Gasteiger partial charge in [0, 0.05) is 16.9 Å². The molecule has 2 aromatic rings. The summed E-state index contributed by atoms with van der Waals surface area (Å²) >= 11 is 5.96. The van der Waals surface area contributed by atoms with E-state index in [2.05, 4.69) is 9.97 Å². The number of aromatic nitrogens is 2. The standard InChI is InChI=1S/C12H13ClN2O2S/c1-2-10-7-14-12(15-10)18(16,17)8-9-5-3-4-6-11(9)13/h3-7H,2,8H2,1H3,(H,14,15). The van der Waals surface area contributed by atoms with Crippen LogP contribution in [0.15, 0.2) is 35.6 Å². The van der Waals surface area contributed by atoms with E-state index in [0.717, 1.165) is 5.69 Å². The Balaban J connectivity index is 2.30. The van der Waals surface area contributed by atoms with Crippen LogP contribution >= 0.6 is 11.6 Å². The molecule has 1 heterocycles. The second-order valence-corrected chi connectivity index (χ2v) is 6.23. The molecular formula is C12H13ClN2O2S. The molecule has 1 N–H and O–H groups in total. The second kappa shape index (κ2) is 5.12. The predicted molar refractivity (Wildman–Crippen MR) is 70.3 cm³/mol. The zero-order chi connectivity index (χ0) is 13.2. The van der Waals surface area contributed by atoms with Crippen molar-refractivity contribution < 1.29 is 8.42 Å². The quantitative estimate of drug-likeness (QED) is 0.939. The van der Waals surface area contributed by atoms with Crippen molar-refractivity contribution in [3.63, 3.8) is 0 Å². The summed E-state index contributed by atoms with van der Waals surface area (Å²) in [7, 11) is -3.48. The molecule has 6 heteroatoms. The first-order valence-corrected chi connectivity index (χ1v) is 7.56. The Kier molecular flexibility index (Phi) is 3.73. The summed E-state index contributed by atoms with van der Waals surface area (Å²) in [5, 5.41) is 0.447. The summed E-state index contributed by atoms with van der Waals surface area (Å²) in [5.74, 6) is -0.149. The first kappa shape index (κ1) is 13.1.